The van der Waals surface area contributed by atoms with Crippen LogP contribution in [0.2, 0.25) is 5.02 Å². The zero-order valence-electron chi connectivity index (χ0n) is 17.0. The van der Waals surface area contributed by atoms with Crippen molar-refractivity contribution in [2.45, 2.75) is 13.1 Å². The third-order valence-electron chi connectivity index (χ3n) is 5.25. The maximum atomic E-state index is 13.4. The van der Waals surface area contributed by atoms with Crippen molar-refractivity contribution in [2.24, 2.45) is 0 Å². The highest BCUT2D eigenvalue weighted by atomic mass is 35.5. The molecule has 7 nitrogen and oxygen atoms in total. The minimum atomic E-state index is -0.100. The number of rotatable bonds is 6. The van der Waals surface area contributed by atoms with E-state index in [0.29, 0.717) is 11.6 Å². The standard InChI is InChI=1S/C24H19ClN6O/c25-20-5-3-4-17(12-20)15-30(21-10-8-18(9-11-21)19-13-26-27-14-19)24(32)16-31-23-7-2-1-6-22(23)28-29-31/h1-14H,15-16H2,(H,26,27). The number of anilines is 1. The topological polar surface area (TPSA) is 79.7 Å². The number of para-hydroxylation sites is 1. The van der Waals surface area contributed by atoms with Crippen LogP contribution in [0.5, 0.6) is 0 Å². The molecule has 0 bridgehead atoms. The molecule has 1 N–H and O–H groups in total. The van der Waals surface area contributed by atoms with Crippen molar-refractivity contribution >= 4 is 34.2 Å². The summed E-state index contributed by atoms with van der Waals surface area (Å²) in [5.41, 5.74) is 5.29. The summed E-state index contributed by atoms with van der Waals surface area (Å²) in [6.07, 6.45) is 3.60. The summed E-state index contributed by atoms with van der Waals surface area (Å²) in [5, 5.41) is 15.8. The predicted octanol–water partition coefficient (Wildman–Crippen LogP) is 4.71. The Labute approximate surface area is 189 Å². The molecule has 0 unspecified atom stereocenters. The molecule has 1 amide bonds. The summed E-state index contributed by atoms with van der Waals surface area (Å²) < 4.78 is 1.63. The molecule has 2 aromatic heterocycles. The number of aromatic amines is 1. The average molecular weight is 443 g/mol. The highest BCUT2D eigenvalue weighted by molar-refractivity contribution is 6.30. The quantitative estimate of drug-likeness (QED) is 0.413. The summed E-state index contributed by atoms with van der Waals surface area (Å²) in [6.45, 7) is 0.460. The molecule has 0 saturated heterocycles. The Bertz CT molecular complexity index is 1360. The van der Waals surface area contributed by atoms with Gasteiger partial charge >= 0.3 is 0 Å². The van der Waals surface area contributed by atoms with E-state index in [1.165, 1.54) is 0 Å². The highest BCUT2D eigenvalue weighted by Gasteiger charge is 2.19. The van der Waals surface area contributed by atoms with Gasteiger partial charge in [-0.3, -0.25) is 9.89 Å². The fourth-order valence-electron chi connectivity index (χ4n) is 3.63. The number of H-pyrrole nitrogens is 1. The smallest absolute Gasteiger partial charge is 0.249 e. The third kappa shape index (κ3) is 4.10. The number of nitrogens with one attached hydrogen (secondary N) is 1. The first-order valence-corrected chi connectivity index (χ1v) is 10.5. The molecule has 5 rings (SSSR count). The summed E-state index contributed by atoms with van der Waals surface area (Å²) >= 11 is 6.18. The van der Waals surface area contributed by atoms with Crippen molar-refractivity contribution in [1.29, 1.82) is 0 Å². The highest BCUT2D eigenvalue weighted by Crippen LogP contribution is 2.25. The number of hydrogen-bond donors (Lipinski definition) is 1. The number of carbonyl (C=O) groups excluding carboxylic acids is 1. The molecule has 0 radical (unpaired) electrons. The molecule has 0 saturated carbocycles. The molecule has 0 fully saturated rings. The molecule has 0 atom stereocenters. The van der Waals surface area contributed by atoms with Gasteiger partial charge in [-0.05, 0) is 47.5 Å². The molecule has 0 spiro atoms. The van der Waals surface area contributed by atoms with Gasteiger partial charge < -0.3 is 4.90 Å². The second kappa shape index (κ2) is 8.64. The summed E-state index contributed by atoms with van der Waals surface area (Å²) in [7, 11) is 0. The number of aromatic nitrogens is 5. The molecule has 0 aliphatic rings. The van der Waals surface area contributed by atoms with Gasteiger partial charge in [-0.2, -0.15) is 5.10 Å². The summed E-state index contributed by atoms with van der Waals surface area (Å²) in [5.74, 6) is -0.100. The van der Waals surface area contributed by atoms with Crippen LogP contribution in [0.3, 0.4) is 0 Å². The second-order valence-corrected chi connectivity index (χ2v) is 7.82. The van der Waals surface area contributed by atoms with Crippen LogP contribution in [0.25, 0.3) is 22.2 Å². The number of nitrogens with zero attached hydrogens (tertiary/aromatic N) is 5. The molecule has 0 aliphatic heterocycles. The minimum absolute atomic E-state index is 0.0740. The maximum Gasteiger partial charge on any atom is 0.249 e. The van der Waals surface area contributed by atoms with E-state index < -0.39 is 0 Å². The van der Waals surface area contributed by atoms with Crippen molar-refractivity contribution < 1.29 is 4.79 Å². The Hall–Kier alpha value is -3.97. The van der Waals surface area contributed by atoms with Gasteiger partial charge in [0.25, 0.3) is 0 Å². The largest absolute Gasteiger partial charge is 0.306 e. The zero-order valence-corrected chi connectivity index (χ0v) is 17.8. The number of hydrogen-bond acceptors (Lipinski definition) is 4. The number of carbonyl (C=O) groups is 1. The Morgan fingerprint density at radius 2 is 1.84 bits per heavy atom. The fourth-order valence-corrected chi connectivity index (χ4v) is 3.84. The van der Waals surface area contributed by atoms with Gasteiger partial charge in [0, 0.05) is 22.5 Å². The molecule has 158 valence electrons. The predicted molar refractivity (Wildman–Crippen MR) is 124 cm³/mol. The lowest BCUT2D eigenvalue weighted by atomic mass is 10.1. The van der Waals surface area contributed by atoms with Gasteiger partial charge in [0.2, 0.25) is 5.91 Å². The van der Waals surface area contributed by atoms with Crippen LogP contribution in [0.4, 0.5) is 5.69 Å². The van der Waals surface area contributed by atoms with E-state index in [1.807, 2.05) is 79.0 Å². The lowest BCUT2D eigenvalue weighted by Gasteiger charge is -2.23. The van der Waals surface area contributed by atoms with Crippen LogP contribution < -0.4 is 4.90 Å². The lowest BCUT2D eigenvalue weighted by molar-refractivity contribution is -0.119. The minimum Gasteiger partial charge on any atom is -0.306 e. The van der Waals surface area contributed by atoms with Crippen LogP contribution >= 0.6 is 11.6 Å². The van der Waals surface area contributed by atoms with Crippen molar-refractivity contribution in [3.05, 3.63) is 95.8 Å². The van der Waals surface area contributed by atoms with Crippen molar-refractivity contribution in [2.75, 3.05) is 4.90 Å². The molecule has 5 aromatic rings. The molecular weight excluding hydrogens is 424 g/mol. The average Bonchev–Trinajstić information content (AvgIpc) is 3.49. The van der Waals surface area contributed by atoms with Crippen LogP contribution in [-0.2, 0) is 17.9 Å². The first-order chi connectivity index (χ1) is 15.7. The molecule has 3 aromatic carbocycles. The fraction of sp³-hybridized carbons (Fsp3) is 0.0833. The van der Waals surface area contributed by atoms with Crippen molar-refractivity contribution in [1.82, 2.24) is 25.2 Å². The zero-order chi connectivity index (χ0) is 21.9. The van der Waals surface area contributed by atoms with E-state index in [4.69, 9.17) is 11.6 Å². The maximum absolute atomic E-state index is 13.4. The molecule has 32 heavy (non-hydrogen) atoms. The van der Waals surface area contributed by atoms with Gasteiger partial charge in [0.1, 0.15) is 12.1 Å². The van der Waals surface area contributed by atoms with Crippen molar-refractivity contribution in [3.63, 3.8) is 0 Å². The SMILES string of the molecule is O=C(Cn1nnc2ccccc21)N(Cc1cccc(Cl)c1)c1ccc(-c2cn[nH]c2)cc1. The van der Waals surface area contributed by atoms with E-state index >= 15 is 0 Å². The van der Waals surface area contributed by atoms with E-state index in [9.17, 15) is 4.79 Å². The van der Waals surface area contributed by atoms with Gasteiger partial charge in [0.15, 0.2) is 0 Å². The number of amides is 1. The molecule has 8 heteroatoms. The van der Waals surface area contributed by atoms with Gasteiger partial charge in [0.05, 0.1) is 18.3 Å². The monoisotopic (exact) mass is 442 g/mol. The number of fused-ring (bicyclic) bond motifs is 1. The van der Waals surface area contributed by atoms with Crippen LogP contribution in [0.15, 0.2) is 85.2 Å². The second-order valence-electron chi connectivity index (χ2n) is 7.38. The normalized spacial score (nSPS) is 11.0. The first-order valence-electron chi connectivity index (χ1n) is 10.1. The number of benzene rings is 3. The van der Waals surface area contributed by atoms with Crippen LogP contribution in [-0.4, -0.2) is 31.1 Å². The summed E-state index contributed by atoms with van der Waals surface area (Å²) in [6, 6.07) is 22.9. The number of halogens is 1. The first kappa shape index (κ1) is 20.0. The van der Waals surface area contributed by atoms with E-state index in [-0.39, 0.29) is 12.5 Å². The van der Waals surface area contributed by atoms with Gasteiger partial charge in [-0.1, -0.05) is 53.2 Å². The van der Waals surface area contributed by atoms with E-state index in [1.54, 1.807) is 15.8 Å². The Kier molecular flexibility index (Phi) is 5.39. The van der Waals surface area contributed by atoms with Crippen LogP contribution in [0, 0.1) is 0 Å². The summed E-state index contributed by atoms with van der Waals surface area (Å²) in [4.78, 5) is 15.2. The molecular formula is C24H19ClN6O. The Balaban J connectivity index is 1.46. The molecule has 2 heterocycles. The van der Waals surface area contributed by atoms with Gasteiger partial charge in [-0.25, -0.2) is 4.68 Å². The van der Waals surface area contributed by atoms with E-state index in [0.717, 1.165) is 33.4 Å². The van der Waals surface area contributed by atoms with E-state index in [2.05, 4.69) is 20.5 Å². The third-order valence-corrected chi connectivity index (χ3v) is 5.48. The van der Waals surface area contributed by atoms with Crippen LogP contribution in [0.1, 0.15) is 5.56 Å². The lowest BCUT2D eigenvalue weighted by Crippen LogP contribution is -2.33. The molecule has 0 aliphatic carbocycles. The Morgan fingerprint density at radius 1 is 1.00 bits per heavy atom. The van der Waals surface area contributed by atoms with Gasteiger partial charge in [-0.15, -0.1) is 5.10 Å². The van der Waals surface area contributed by atoms with Crippen molar-refractivity contribution in [3.8, 4) is 11.1 Å². The Morgan fingerprint density at radius 3 is 2.62 bits per heavy atom.